The molecule has 3 unspecified atom stereocenters. The number of rotatable bonds is 5. The van der Waals surface area contributed by atoms with Crippen LogP contribution in [0.2, 0.25) is 0 Å². The van der Waals surface area contributed by atoms with E-state index in [1.807, 2.05) is 24.3 Å². The second-order valence-electron chi connectivity index (χ2n) is 6.38. The van der Waals surface area contributed by atoms with Gasteiger partial charge < -0.3 is 21.1 Å². The first kappa shape index (κ1) is 16.0. The Kier molecular flexibility index (Phi) is 4.93. The number of aliphatic hydroxyl groups excluding tert-OH is 1. The second kappa shape index (κ2) is 7.10. The predicted molar refractivity (Wildman–Crippen MR) is 86.9 cm³/mol. The summed E-state index contributed by atoms with van der Waals surface area (Å²) in [5, 5.41) is 18.5. The summed E-state index contributed by atoms with van der Waals surface area (Å²) >= 11 is 0. The number of carbonyl (C=O) groups is 2. The Morgan fingerprint density at radius 1 is 1.30 bits per heavy atom. The lowest BCUT2D eigenvalue weighted by molar-refractivity contribution is -0.123. The van der Waals surface area contributed by atoms with Crippen LogP contribution in [0.5, 0.6) is 0 Å². The van der Waals surface area contributed by atoms with Crippen molar-refractivity contribution in [1.29, 1.82) is 0 Å². The second-order valence-corrected chi connectivity index (χ2v) is 6.38. The molecule has 2 amide bonds. The van der Waals surface area contributed by atoms with Crippen LogP contribution < -0.4 is 16.0 Å². The molecular weight excluding hydrogens is 294 g/mol. The Morgan fingerprint density at radius 2 is 2.13 bits per heavy atom. The molecule has 4 N–H and O–H groups in total. The highest BCUT2D eigenvalue weighted by Gasteiger charge is 2.27. The fourth-order valence-corrected chi connectivity index (χ4v) is 3.21. The molecule has 1 saturated heterocycles. The highest BCUT2D eigenvalue weighted by Crippen LogP contribution is 2.27. The minimum atomic E-state index is -0.393. The molecule has 1 aromatic carbocycles. The van der Waals surface area contributed by atoms with Gasteiger partial charge in [-0.05, 0) is 24.5 Å². The number of fused-ring (bicyclic) bond motifs is 1. The molecule has 0 aliphatic carbocycles. The topological polar surface area (TPSA) is 90.5 Å². The molecule has 3 rings (SSSR count). The molecule has 2 aliphatic heterocycles. The van der Waals surface area contributed by atoms with Gasteiger partial charge in [-0.25, -0.2) is 0 Å². The van der Waals surface area contributed by atoms with Crippen LogP contribution in [-0.4, -0.2) is 42.7 Å². The van der Waals surface area contributed by atoms with E-state index in [0.717, 1.165) is 17.8 Å². The van der Waals surface area contributed by atoms with Crippen LogP contribution >= 0.6 is 0 Å². The van der Waals surface area contributed by atoms with Crippen molar-refractivity contribution < 1.29 is 14.7 Å². The van der Waals surface area contributed by atoms with Crippen molar-refractivity contribution in [3.63, 3.8) is 0 Å². The summed E-state index contributed by atoms with van der Waals surface area (Å²) in [6, 6.07) is 7.77. The van der Waals surface area contributed by atoms with Crippen molar-refractivity contribution in [3.05, 3.63) is 29.8 Å². The lowest BCUT2D eigenvalue weighted by atomic mass is 9.89. The highest BCUT2D eigenvalue weighted by molar-refractivity contribution is 5.96. The fraction of sp³-hybridized carbons (Fsp3) is 0.529. The van der Waals surface area contributed by atoms with Crippen molar-refractivity contribution >= 4 is 17.5 Å². The van der Waals surface area contributed by atoms with E-state index in [9.17, 15) is 14.7 Å². The summed E-state index contributed by atoms with van der Waals surface area (Å²) in [5.41, 5.74) is 2.00. The highest BCUT2D eigenvalue weighted by atomic mass is 16.3. The van der Waals surface area contributed by atoms with Gasteiger partial charge in [0.1, 0.15) is 0 Å². The molecule has 124 valence electrons. The van der Waals surface area contributed by atoms with Crippen LogP contribution in [0.25, 0.3) is 0 Å². The van der Waals surface area contributed by atoms with Crippen molar-refractivity contribution in [2.45, 2.75) is 25.4 Å². The van der Waals surface area contributed by atoms with Gasteiger partial charge in [0.2, 0.25) is 11.8 Å². The first-order valence-corrected chi connectivity index (χ1v) is 8.17. The largest absolute Gasteiger partial charge is 0.391 e. The molecule has 1 aromatic rings. The van der Waals surface area contributed by atoms with Crippen LogP contribution in [0.3, 0.4) is 0 Å². The number of carbonyl (C=O) groups excluding carboxylic acids is 2. The number of aliphatic hydroxyl groups is 1. The summed E-state index contributed by atoms with van der Waals surface area (Å²) in [4.78, 5) is 24.1. The number of nitrogens with one attached hydrogen (secondary N) is 3. The first-order valence-electron chi connectivity index (χ1n) is 8.17. The molecule has 0 radical (unpaired) electrons. The number of amides is 2. The van der Waals surface area contributed by atoms with E-state index < -0.39 is 6.10 Å². The monoisotopic (exact) mass is 317 g/mol. The molecular formula is C17H23N3O3. The summed E-state index contributed by atoms with van der Waals surface area (Å²) in [7, 11) is 0. The smallest absolute Gasteiger partial charge is 0.227 e. The number of hydrogen-bond acceptors (Lipinski definition) is 4. The molecule has 2 heterocycles. The van der Waals surface area contributed by atoms with Gasteiger partial charge in [0.15, 0.2) is 0 Å². The Hall–Kier alpha value is -1.92. The van der Waals surface area contributed by atoms with E-state index in [1.165, 1.54) is 0 Å². The number of benzene rings is 1. The Morgan fingerprint density at radius 3 is 2.91 bits per heavy atom. The summed E-state index contributed by atoms with van der Waals surface area (Å²) in [6.45, 7) is 1.79. The molecule has 1 fully saturated rings. The van der Waals surface area contributed by atoms with Gasteiger partial charge in [-0.15, -0.1) is 0 Å². The normalized spacial score (nSPS) is 26.5. The van der Waals surface area contributed by atoms with E-state index in [0.29, 0.717) is 32.4 Å². The minimum Gasteiger partial charge on any atom is -0.391 e. The van der Waals surface area contributed by atoms with Crippen molar-refractivity contribution in [2.24, 2.45) is 11.8 Å². The van der Waals surface area contributed by atoms with E-state index in [2.05, 4.69) is 16.0 Å². The van der Waals surface area contributed by atoms with Crippen LogP contribution in [0.15, 0.2) is 24.3 Å². The molecule has 0 saturated carbocycles. The van der Waals surface area contributed by atoms with Gasteiger partial charge in [-0.2, -0.15) is 0 Å². The number of β-amino-alcohol motifs (C(OH)–C–C–N with tert-alkyl or cyclic N) is 1. The van der Waals surface area contributed by atoms with Gasteiger partial charge in [0.05, 0.1) is 6.10 Å². The van der Waals surface area contributed by atoms with Crippen molar-refractivity contribution in [2.75, 3.05) is 25.0 Å². The van der Waals surface area contributed by atoms with E-state index in [1.54, 1.807) is 0 Å². The molecule has 0 aromatic heterocycles. The van der Waals surface area contributed by atoms with Gasteiger partial charge in [-0.3, -0.25) is 9.59 Å². The lowest BCUT2D eigenvalue weighted by Gasteiger charge is -2.24. The van der Waals surface area contributed by atoms with Gasteiger partial charge in [-0.1, -0.05) is 18.2 Å². The zero-order chi connectivity index (χ0) is 16.2. The van der Waals surface area contributed by atoms with Gasteiger partial charge in [0, 0.05) is 43.6 Å². The Balaban J connectivity index is 1.45. The van der Waals surface area contributed by atoms with Gasteiger partial charge in [0.25, 0.3) is 0 Å². The maximum absolute atomic E-state index is 12.1. The third-order valence-electron chi connectivity index (χ3n) is 4.70. The van der Waals surface area contributed by atoms with Crippen molar-refractivity contribution in [3.8, 4) is 0 Å². The molecule has 2 aliphatic rings. The SMILES string of the molecule is O=C(CCC1Cc2ccccc2NC1=O)NCC1CNCC1O. The molecule has 0 spiro atoms. The van der Waals surface area contributed by atoms with Crippen LogP contribution in [-0.2, 0) is 16.0 Å². The Bertz CT molecular complexity index is 590. The summed E-state index contributed by atoms with van der Waals surface area (Å²) in [5.74, 6) is -0.152. The molecule has 6 nitrogen and oxygen atoms in total. The van der Waals surface area contributed by atoms with E-state index >= 15 is 0 Å². The van der Waals surface area contributed by atoms with Crippen LogP contribution in [0.1, 0.15) is 18.4 Å². The maximum Gasteiger partial charge on any atom is 0.227 e. The predicted octanol–water partition coefficient (Wildman–Crippen LogP) is 0.274. The third-order valence-corrected chi connectivity index (χ3v) is 4.70. The zero-order valence-corrected chi connectivity index (χ0v) is 13.0. The third kappa shape index (κ3) is 3.89. The standard InChI is InChI=1S/C17H23N3O3/c21-15-10-18-8-13(15)9-19-16(22)6-5-12-7-11-3-1-2-4-14(11)20-17(12)23/h1-4,12-13,15,18,21H,5-10H2,(H,19,22)(H,20,23). The average Bonchev–Trinajstić information content (AvgIpc) is 2.96. The fourth-order valence-electron chi connectivity index (χ4n) is 3.21. The lowest BCUT2D eigenvalue weighted by Crippen LogP contribution is -2.35. The number of anilines is 1. The van der Waals surface area contributed by atoms with Crippen LogP contribution in [0.4, 0.5) is 5.69 Å². The molecule has 3 atom stereocenters. The van der Waals surface area contributed by atoms with Crippen molar-refractivity contribution in [1.82, 2.24) is 10.6 Å². The average molecular weight is 317 g/mol. The van der Waals surface area contributed by atoms with Crippen LogP contribution in [0, 0.1) is 11.8 Å². The van der Waals surface area contributed by atoms with E-state index in [4.69, 9.17) is 0 Å². The Labute approximate surface area is 135 Å². The maximum atomic E-state index is 12.1. The van der Waals surface area contributed by atoms with E-state index in [-0.39, 0.29) is 23.7 Å². The minimum absolute atomic E-state index is 0.00749. The molecule has 6 heteroatoms. The zero-order valence-electron chi connectivity index (χ0n) is 13.0. The quantitative estimate of drug-likeness (QED) is 0.628. The molecule has 23 heavy (non-hydrogen) atoms. The summed E-state index contributed by atoms with van der Waals surface area (Å²) in [6.07, 6.45) is 1.16. The number of hydrogen-bond donors (Lipinski definition) is 4. The molecule has 0 bridgehead atoms. The first-order chi connectivity index (χ1) is 11.1. The number of para-hydroxylation sites is 1. The summed E-state index contributed by atoms with van der Waals surface area (Å²) < 4.78 is 0. The van der Waals surface area contributed by atoms with Gasteiger partial charge >= 0.3 is 0 Å².